The lowest BCUT2D eigenvalue weighted by molar-refractivity contribution is -0.138. The number of ether oxygens (including phenoxy) is 1. The fourth-order valence-corrected chi connectivity index (χ4v) is 0.318. The number of hydrogen-bond acceptors (Lipinski definition) is 2. The lowest BCUT2D eigenvalue weighted by Gasteiger charge is -1.99. The van der Waals surface area contributed by atoms with Gasteiger partial charge in [0, 0.05) is 5.57 Å². The van der Waals surface area contributed by atoms with E-state index in [1.807, 2.05) is 6.92 Å². The summed E-state index contributed by atoms with van der Waals surface area (Å²) in [5.74, 6) is -0.295. The first-order valence-electron chi connectivity index (χ1n) is 3.01. The lowest BCUT2D eigenvalue weighted by Crippen LogP contribution is -2.04. The second kappa shape index (κ2) is 6.55. The van der Waals surface area contributed by atoms with Crippen molar-refractivity contribution < 1.29 is 9.53 Å². The molecule has 0 aromatic carbocycles. The number of carbonyl (C=O) groups excluding carboxylic acids is 1. The maximum absolute atomic E-state index is 10.6. The van der Waals surface area contributed by atoms with Gasteiger partial charge in [0.15, 0.2) is 0 Å². The zero-order valence-corrected chi connectivity index (χ0v) is 5.94. The molecule has 0 heterocycles. The minimum atomic E-state index is -0.295. The SMILES string of the molecule is C=C(C)C(=O)OCCC.[SiH4]. The molecule has 0 fully saturated rings. The van der Waals surface area contributed by atoms with E-state index in [0.29, 0.717) is 12.2 Å². The quantitative estimate of drug-likeness (QED) is 0.332. The summed E-state index contributed by atoms with van der Waals surface area (Å²) in [4.78, 5) is 10.6. The highest BCUT2D eigenvalue weighted by Gasteiger charge is 1.99. The first kappa shape index (κ1) is 12.1. The molecular formula is C7H16O2Si. The van der Waals surface area contributed by atoms with Gasteiger partial charge in [0.25, 0.3) is 0 Å². The third-order valence-corrected chi connectivity index (χ3v) is 0.786. The zero-order chi connectivity index (χ0) is 7.28. The highest BCUT2D eigenvalue weighted by atomic mass is 28.1. The Kier molecular flexibility index (Phi) is 7.94. The van der Waals surface area contributed by atoms with Gasteiger partial charge in [0.1, 0.15) is 0 Å². The predicted octanol–water partition coefficient (Wildman–Crippen LogP) is 0.0641. The molecule has 0 N–H and O–H groups in total. The molecule has 60 valence electrons. The van der Waals surface area contributed by atoms with Gasteiger partial charge in [-0.25, -0.2) is 4.79 Å². The summed E-state index contributed by atoms with van der Waals surface area (Å²) in [6.45, 7) is 7.51. The molecule has 2 nitrogen and oxygen atoms in total. The fourth-order valence-electron chi connectivity index (χ4n) is 0.318. The van der Waals surface area contributed by atoms with Crippen molar-refractivity contribution in [1.29, 1.82) is 0 Å². The first-order chi connectivity index (χ1) is 4.18. The van der Waals surface area contributed by atoms with E-state index in [-0.39, 0.29) is 16.9 Å². The van der Waals surface area contributed by atoms with Crippen LogP contribution in [0, 0.1) is 0 Å². The summed E-state index contributed by atoms with van der Waals surface area (Å²) in [5, 5.41) is 0. The van der Waals surface area contributed by atoms with E-state index in [1.165, 1.54) is 0 Å². The summed E-state index contributed by atoms with van der Waals surface area (Å²) in [6, 6.07) is 0. The molecular weight excluding hydrogens is 144 g/mol. The maximum Gasteiger partial charge on any atom is 0.333 e. The summed E-state index contributed by atoms with van der Waals surface area (Å²) in [7, 11) is 0. The first-order valence-corrected chi connectivity index (χ1v) is 3.01. The third kappa shape index (κ3) is 5.56. The van der Waals surface area contributed by atoms with Gasteiger partial charge in [-0.2, -0.15) is 0 Å². The average molecular weight is 160 g/mol. The highest BCUT2D eigenvalue weighted by Crippen LogP contribution is 1.91. The Morgan fingerprint density at radius 2 is 2.10 bits per heavy atom. The topological polar surface area (TPSA) is 26.3 Å². The van der Waals surface area contributed by atoms with E-state index in [2.05, 4.69) is 6.58 Å². The molecule has 0 radical (unpaired) electrons. The van der Waals surface area contributed by atoms with Crippen LogP contribution in [-0.4, -0.2) is 23.5 Å². The molecule has 0 bridgehead atoms. The molecule has 3 heteroatoms. The molecule has 0 aliphatic heterocycles. The Balaban J connectivity index is 0. The van der Waals surface area contributed by atoms with Crippen molar-refractivity contribution in [2.24, 2.45) is 0 Å². The van der Waals surface area contributed by atoms with Gasteiger partial charge in [0.05, 0.1) is 6.61 Å². The van der Waals surface area contributed by atoms with Crippen molar-refractivity contribution in [1.82, 2.24) is 0 Å². The van der Waals surface area contributed by atoms with E-state index in [4.69, 9.17) is 4.74 Å². The van der Waals surface area contributed by atoms with E-state index in [1.54, 1.807) is 6.92 Å². The van der Waals surface area contributed by atoms with Crippen LogP contribution in [0.4, 0.5) is 0 Å². The van der Waals surface area contributed by atoms with E-state index >= 15 is 0 Å². The molecule has 0 amide bonds. The number of carbonyl (C=O) groups is 1. The van der Waals surface area contributed by atoms with Crippen LogP contribution in [0.3, 0.4) is 0 Å². The molecule has 0 spiro atoms. The van der Waals surface area contributed by atoms with Crippen LogP contribution in [0.15, 0.2) is 12.2 Å². The Labute approximate surface area is 66.3 Å². The van der Waals surface area contributed by atoms with Crippen molar-refractivity contribution >= 4 is 16.9 Å². The highest BCUT2D eigenvalue weighted by molar-refractivity contribution is 5.86. The monoisotopic (exact) mass is 160 g/mol. The van der Waals surface area contributed by atoms with E-state index in [0.717, 1.165) is 6.42 Å². The van der Waals surface area contributed by atoms with Crippen molar-refractivity contribution in [3.63, 3.8) is 0 Å². The number of hydrogen-bond donors (Lipinski definition) is 0. The second-order valence-corrected chi connectivity index (χ2v) is 1.92. The predicted molar refractivity (Wildman–Crippen MR) is 47.4 cm³/mol. The van der Waals surface area contributed by atoms with Crippen LogP contribution in [0.5, 0.6) is 0 Å². The Morgan fingerprint density at radius 3 is 2.40 bits per heavy atom. The summed E-state index contributed by atoms with van der Waals surface area (Å²) in [5.41, 5.74) is 0.462. The summed E-state index contributed by atoms with van der Waals surface area (Å²) in [6.07, 6.45) is 0.860. The molecule has 0 saturated heterocycles. The van der Waals surface area contributed by atoms with Crippen LogP contribution in [0.25, 0.3) is 0 Å². The zero-order valence-electron chi connectivity index (χ0n) is 5.94. The van der Waals surface area contributed by atoms with Gasteiger partial charge in [-0.05, 0) is 24.3 Å². The normalized spacial score (nSPS) is 7.80. The smallest absolute Gasteiger partial charge is 0.333 e. The van der Waals surface area contributed by atoms with Crippen LogP contribution >= 0.6 is 0 Å². The minimum Gasteiger partial charge on any atom is -0.462 e. The van der Waals surface area contributed by atoms with E-state index in [9.17, 15) is 4.79 Å². The molecule has 0 aromatic heterocycles. The molecule has 0 atom stereocenters. The third-order valence-electron chi connectivity index (χ3n) is 0.786. The van der Waals surface area contributed by atoms with Crippen LogP contribution in [0.2, 0.25) is 0 Å². The van der Waals surface area contributed by atoms with Crippen LogP contribution in [-0.2, 0) is 9.53 Å². The van der Waals surface area contributed by atoms with Gasteiger partial charge < -0.3 is 4.74 Å². The molecule has 0 aromatic rings. The second-order valence-electron chi connectivity index (χ2n) is 1.92. The van der Waals surface area contributed by atoms with Crippen LogP contribution < -0.4 is 0 Å². The average Bonchev–Trinajstić information content (AvgIpc) is 1.82. The van der Waals surface area contributed by atoms with E-state index < -0.39 is 0 Å². The lowest BCUT2D eigenvalue weighted by atomic mass is 10.4. The number of esters is 1. The molecule has 10 heavy (non-hydrogen) atoms. The molecule has 0 aliphatic carbocycles. The minimum absolute atomic E-state index is 0. The van der Waals surface area contributed by atoms with Crippen molar-refractivity contribution in [2.75, 3.05) is 6.61 Å². The standard InChI is InChI=1S/C7H12O2.H4Si/c1-4-5-9-7(8)6(2)3;/h2,4-5H2,1,3H3;1H4. The molecule has 0 unspecified atom stereocenters. The van der Waals surface area contributed by atoms with Gasteiger partial charge in [-0.1, -0.05) is 13.5 Å². The van der Waals surface area contributed by atoms with Gasteiger partial charge in [-0.3, -0.25) is 0 Å². The largest absolute Gasteiger partial charge is 0.462 e. The Morgan fingerprint density at radius 1 is 1.60 bits per heavy atom. The number of rotatable bonds is 3. The van der Waals surface area contributed by atoms with Crippen molar-refractivity contribution in [3.05, 3.63) is 12.2 Å². The fraction of sp³-hybridized carbons (Fsp3) is 0.571. The van der Waals surface area contributed by atoms with Crippen molar-refractivity contribution in [3.8, 4) is 0 Å². The van der Waals surface area contributed by atoms with Crippen LogP contribution in [0.1, 0.15) is 20.3 Å². The maximum atomic E-state index is 10.6. The molecule has 0 rings (SSSR count). The Hall–Kier alpha value is -0.573. The van der Waals surface area contributed by atoms with Crippen molar-refractivity contribution in [2.45, 2.75) is 20.3 Å². The van der Waals surface area contributed by atoms with Gasteiger partial charge >= 0.3 is 5.97 Å². The molecule has 0 saturated carbocycles. The van der Waals surface area contributed by atoms with Gasteiger partial charge in [0.2, 0.25) is 0 Å². The molecule has 0 aliphatic rings. The summed E-state index contributed by atoms with van der Waals surface area (Å²) >= 11 is 0. The summed E-state index contributed by atoms with van der Waals surface area (Å²) < 4.78 is 4.71. The Bertz CT molecular complexity index is 121. The van der Waals surface area contributed by atoms with Gasteiger partial charge in [-0.15, -0.1) is 0 Å².